The summed E-state index contributed by atoms with van der Waals surface area (Å²) in [5.41, 5.74) is 1.13. The SMILES string of the molecule is CC12CCC(C(=O)Nc3ccccc3F)(c3nc4cc(Cl)c(Cl)cc4nc31)C2(C)C. The number of halogens is 3. The highest BCUT2D eigenvalue weighted by Crippen LogP contribution is 2.70. The molecule has 2 aromatic carbocycles. The predicted octanol–water partition coefficient (Wildman–Crippen LogP) is 6.04. The second-order valence-electron chi connectivity index (χ2n) is 8.97. The molecule has 0 saturated heterocycles. The zero-order chi connectivity index (χ0) is 21.5. The van der Waals surface area contributed by atoms with Crippen LogP contribution >= 0.6 is 23.2 Å². The van der Waals surface area contributed by atoms with Crippen LogP contribution in [0, 0.1) is 11.2 Å². The number of fused-ring (bicyclic) bond motifs is 6. The molecular formula is C23H20Cl2FN3O. The summed E-state index contributed by atoms with van der Waals surface area (Å²) in [4.78, 5) is 23.5. The number of para-hydroxylation sites is 1. The topological polar surface area (TPSA) is 54.9 Å². The molecular weight excluding hydrogens is 424 g/mol. The number of nitrogens with one attached hydrogen (secondary N) is 1. The van der Waals surface area contributed by atoms with Gasteiger partial charge in [-0.15, -0.1) is 0 Å². The maximum Gasteiger partial charge on any atom is 0.237 e. The van der Waals surface area contributed by atoms with Gasteiger partial charge in [-0.25, -0.2) is 14.4 Å². The fourth-order valence-electron chi connectivity index (χ4n) is 5.39. The lowest BCUT2D eigenvalue weighted by Crippen LogP contribution is -2.48. The van der Waals surface area contributed by atoms with Crippen LogP contribution in [0.15, 0.2) is 36.4 Å². The van der Waals surface area contributed by atoms with Crippen LogP contribution < -0.4 is 5.32 Å². The van der Waals surface area contributed by atoms with Crippen molar-refractivity contribution in [2.75, 3.05) is 5.32 Å². The zero-order valence-electron chi connectivity index (χ0n) is 16.8. The summed E-state index contributed by atoms with van der Waals surface area (Å²) in [5, 5.41) is 3.62. The van der Waals surface area contributed by atoms with Crippen molar-refractivity contribution >= 4 is 45.8 Å². The maximum absolute atomic E-state index is 14.3. The predicted molar refractivity (Wildman–Crippen MR) is 117 cm³/mol. The fraction of sp³-hybridized carbons (Fsp3) is 0.348. The third kappa shape index (κ3) is 2.25. The Bertz CT molecular complexity index is 1240. The quantitative estimate of drug-likeness (QED) is 0.524. The molecule has 0 radical (unpaired) electrons. The average molecular weight is 444 g/mol. The number of hydrogen-bond acceptors (Lipinski definition) is 3. The lowest BCUT2D eigenvalue weighted by atomic mass is 9.63. The largest absolute Gasteiger partial charge is 0.323 e. The smallest absolute Gasteiger partial charge is 0.237 e. The Kier molecular flexibility index (Phi) is 4.04. The van der Waals surface area contributed by atoms with E-state index in [9.17, 15) is 9.18 Å². The Hall–Kier alpha value is -2.24. The van der Waals surface area contributed by atoms with Gasteiger partial charge in [-0.05, 0) is 42.5 Å². The molecule has 1 saturated carbocycles. The molecule has 30 heavy (non-hydrogen) atoms. The first-order chi connectivity index (χ1) is 14.1. The second kappa shape index (κ2) is 6.14. The lowest BCUT2D eigenvalue weighted by molar-refractivity contribution is -0.125. The Morgan fingerprint density at radius 3 is 2.23 bits per heavy atom. The van der Waals surface area contributed by atoms with Crippen LogP contribution in [-0.4, -0.2) is 15.9 Å². The molecule has 2 aliphatic rings. The molecule has 1 amide bonds. The molecule has 7 heteroatoms. The van der Waals surface area contributed by atoms with Crippen molar-refractivity contribution in [3.63, 3.8) is 0 Å². The monoisotopic (exact) mass is 443 g/mol. The van der Waals surface area contributed by atoms with Crippen LogP contribution in [0.25, 0.3) is 11.0 Å². The van der Waals surface area contributed by atoms with Gasteiger partial charge in [0.25, 0.3) is 0 Å². The average Bonchev–Trinajstić information content (AvgIpc) is 2.99. The van der Waals surface area contributed by atoms with Crippen molar-refractivity contribution in [1.29, 1.82) is 0 Å². The summed E-state index contributed by atoms with van der Waals surface area (Å²) in [6, 6.07) is 9.57. The Labute approximate surface area is 183 Å². The van der Waals surface area contributed by atoms with E-state index in [0.29, 0.717) is 33.2 Å². The van der Waals surface area contributed by atoms with Crippen LogP contribution in [0.2, 0.25) is 10.0 Å². The zero-order valence-corrected chi connectivity index (χ0v) is 18.3. The summed E-state index contributed by atoms with van der Waals surface area (Å²) in [5.74, 6) is -0.723. The molecule has 154 valence electrons. The number of carbonyl (C=O) groups excluding carboxylic acids is 1. The van der Waals surface area contributed by atoms with Gasteiger partial charge in [-0.3, -0.25) is 4.79 Å². The summed E-state index contributed by atoms with van der Waals surface area (Å²) >= 11 is 12.4. The Balaban J connectivity index is 1.73. The standard InChI is InChI=1S/C23H20Cl2FN3O/c1-21(2)22(3)8-9-23(21,20(30)29-15-7-5-4-6-14(15)26)19-18(22)27-16-10-12(24)13(25)11-17(16)28-19/h4-7,10-11H,8-9H2,1-3H3,(H,29,30). The first kappa shape index (κ1) is 19.7. The number of carbonyl (C=O) groups is 1. The minimum absolute atomic E-state index is 0.165. The van der Waals surface area contributed by atoms with E-state index in [1.54, 1.807) is 30.3 Å². The highest BCUT2D eigenvalue weighted by Gasteiger charge is 2.73. The highest BCUT2D eigenvalue weighted by molar-refractivity contribution is 6.42. The first-order valence-electron chi connectivity index (χ1n) is 9.85. The van der Waals surface area contributed by atoms with Crippen LogP contribution in [0.1, 0.15) is 45.0 Å². The van der Waals surface area contributed by atoms with E-state index in [0.717, 1.165) is 12.1 Å². The Morgan fingerprint density at radius 1 is 1.00 bits per heavy atom. The summed E-state index contributed by atoms with van der Waals surface area (Å²) in [7, 11) is 0. The summed E-state index contributed by atoms with van der Waals surface area (Å²) in [6.45, 7) is 6.29. The molecule has 2 bridgehead atoms. The normalized spacial score (nSPS) is 26.1. The Morgan fingerprint density at radius 2 is 1.60 bits per heavy atom. The number of aromatic nitrogens is 2. The minimum atomic E-state index is -0.924. The van der Waals surface area contributed by atoms with Crippen molar-refractivity contribution < 1.29 is 9.18 Å². The van der Waals surface area contributed by atoms with Crippen molar-refractivity contribution in [3.8, 4) is 0 Å². The van der Waals surface area contributed by atoms with E-state index < -0.39 is 16.6 Å². The molecule has 1 aromatic heterocycles. The van der Waals surface area contributed by atoms with Gasteiger partial charge in [0.15, 0.2) is 0 Å². The minimum Gasteiger partial charge on any atom is -0.323 e. The number of benzene rings is 2. The van der Waals surface area contributed by atoms with Crippen LogP contribution in [0.5, 0.6) is 0 Å². The van der Waals surface area contributed by atoms with Crippen molar-refractivity contribution in [2.24, 2.45) is 5.41 Å². The number of nitrogens with zero attached hydrogens (tertiary/aromatic N) is 2. The third-order valence-corrected chi connectivity index (χ3v) is 8.31. The molecule has 1 N–H and O–H groups in total. The lowest BCUT2D eigenvalue weighted by Gasteiger charge is -2.39. The van der Waals surface area contributed by atoms with E-state index in [1.165, 1.54) is 6.07 Å². The molecule has 5 rings (SSSR count). The molecule has 1 fully saturated rings. The van der Waals surface area contributed by atoms with Crippen LogP contribution in [-0.2, 0) is 15.6 Å². The van der Waals surface area contributed by atoms with Gasteiger partial charge >= 0.3 is 0 Å². The highest BCUT2D eigenvalue weighted by atomic mass is 35.5. The van der Waals surface area contributed by atoms with E-state index >= 15 is 0 Å². The number of anilines is 1. The molecule has 4 nitrogen and oxygen atoms in total. The summed E-state index contributed by atoms with van der Waals surface area (Å²) < 4.78 is 14.3. The molecule has 2 unspecified atom stereocenters. The van der Waals surface area contributed by atoms with Crippen LogP contribution in [0.3, 0.4) is 0 Å². The number of amides is 1. The van der Waals surface area contributed by atoms with E-state index in [2.05, 4.69) is 26.1 Å². The van der Waals surface area contributed by atoms with Gasteiger partial charge < -0.3 is 5.32 Å². The third-order valence-electron chi connectivity index (χ3n) is 7.59. The summed E-state index contributed by atoms with van der Waals surface area (Å²) in [6.07, 6.45) is 1.41. The van der Waals surface area contributed by atoms with Gasteiger partial charge in [0.05, 0.1) is 43.6 Å². The van der Waals surface area contributed by atoms with Gasteiger partial charge in [0, 0.05) is 5.41 Å². The molecule has 2 atom stereocenters. The van der Waals surface area contributed by atoms with Crippen molar-refractivity contribution in [2.45, 2.75) is 44.4 Å². The van der Waals surface area contributed by atoms with Crippen molar-refractivity contribution in [3.05, 3.63) is 63.6 Å². The van der Waals surface area contributed by atoms with E-state index in [4.69, 9.17) is 33.2 Å². The number of hydrogen-bond donors (Lipinski definition) is 1. The molecule has 0 aliphatic heterocycles. The van der Waals surface area contributed by atoms with E-state index in [1.807, 2.05) is 0 Å². The molecule has 2 aliphatic carbocycles. The van der Waals surface area contributed by atoms with Gasteiger partial charge in [0.1, 0.15) is 5.82 Å². The fourth-order valence-corrected chi connectivity index (χ4v) is 5.71. The maximum atomic E-state index is 14.3. The molecule has 3 aromatic rings. The van der Waals surface area contributed by atoms with Crippen molar-refractivity contribution in [1.82, 2.24) is 9.97 Å². The number of rotatable bonds is 2. The van der Waals surface area contributed by atoms with Gasteiger partial charge in [0.2, 0.25) is 5.91 Å². The first-order valence-corrected chi connectivity index (χ1v) is 10.6. The second-order valence-corrected chi connectivity index (χ2v) is 9.79. The van der Waals surface area contributed by atoms with Gasteiger partial charge in [-0.1, -0.05) is 56.1 Å². The van der Waals surface area contributed by atoms with Gasteiger partial charge in [-0.2, -0.15) is 0 Å². The van der Waals surface area contributed by atoms with Crippen LogP contribution in [0.4, 0.5) is 10.1 Å². The van der Waals surface area contributed by atoms with E-state index in [-0.39, 0.29) is 17.0 Å². The molecule has 0 spiro atoms. The molecule has 1 heterocycles.